The standard InChI is InChI=1S/C10H19/c1-3-6-10-8-5-7-9(10)4-2/h10H,3-8H2,1-2H3. The van der Waals surface area contributed by atoms with Crippen molar-refractivity contribution in [1.82, 2.24) is 0 Å². The third-order valence-electron chi connectivity index (χ3n) is 2.72. The Morgan fingerprint density at radius 1 is 1.40 bits per heavy atom. The average Bonchev–Trinajstić information content (AvgIpc) is 2.36. The van der Waals surface area contributed by atoms with Crippen LogP contribution in [0.2, 0.25) is 0 Å². The molecule has 1 fully saturated rings. The molecule has 1 aliphatic rings. The summed E-state index contributed by atoms with van der Waals surface area (Å²) in [6.07, 6.45) is 8.54. The highest BCUT2D eigenvalue weighted by atomic mass is 14.3. The molecule has 0 heterocycles. The molecule has 0 amide bonds. The van der Waals surface area contributed by atoms with Gasteiger partial charge >= 0.3 is 0 Å². The summed E-state index contributed by atoms with van der Waals surface area (Å²) < 4.78 is 0. The molecule has 1 unspecified atom stereocenters. The molecule has 0 saturated heterocycles. The zero-order valence-corrected chi connectivity index (χ0v) is 7.32. The number of hydrogen-bond acceptors (Lipinski definition) is 0. The lowest BCUT2D eigenvalue weighted by Gasteiger charge is -2.15. The molecule has 1 radical (unpaired) electrons. The van der Waals surface area contributed by atoms with Gasteiger partial charge in [-0.25, -0.2) is 0 Å². The molecule has 0 N–H and O–H groups in total. The summed E-state index contributed by atoms with van der Waals surface area (Å²) in [5.41, 5.74) is 0. The van der Waals surface area contributed by atoms with Crippen molar-refractivity contribution in [1.29, 1.82) is 0 Å². The minimum Gasteiger partial charge on any atom is -0.0654 e. The normalized spacial score (nSPS) is 27.6. The van der Waals surface area contributed by atoms with E-state index in [1.165, 1.54) is 38.5 Å². The SMILES string of the molecule is CCCC1CCC[C]1CC. The molecule has 0 aliphatic heterocycles. The first kappa shape index (κ1) is 8.10. The van der Waals surface area contributed by atoms with Gasteiger partial charge in [0.2, 0.25) is 0 Å². The van der Waals surface area contributed by atoms with Crippen molar-refractivity contribution < 1.29 is 0 Å². The second kappa shape index (κ2) is 4.00. The smallest absolute Gasteiger partial charge is 0.0213 e. The van der Waals surface area contributed by atoms with Crippen molar-refractivity contribution >= 4 is 0 Å². The summed E-state index contributed by atoms with van der Waals surface area (Å²) in [6, 6.07) is 0. The maximum absolute atomic E-state index is 2.31. The van der Waals surface area contributed by atoms with E-state index < -0.39 is 0 Å². The van der Waals surface area contributed by atoms with Gasteiger partial charge in [0.25, 0.3) is 0 Å². The second-order valence-corrected chi connectivity index (χ2v) is 3.39. The van der Waals surface area contributed by atoms with Crippen molar-refractivity contribution in [3.05, 3.63) is 5.92 Å². The van der Waals surface area contributed by atoms with Crippen LogP contribution in [0.3, 0.4) is 0 Å². The van der Waals surface area contributed by atoms with E-state index >= 15 is 0 Å². The third kappa shape index (κ3) is 1.74. The highest BCUT2D eigenvalue weighted by molar-refractivity contribution is 4.99. The Hall–Kier alpha value is 0. The van der Waals surface area contributed by atoms with Crippen LogP contribution in [-0.2, 0) is 0 Å². The monoisotopic (exact) mass is 139 g/mol. The summed E-state index contributed by atoms with van der Waals surface area (Å²) in [5, 5.41) is 0. The van der Waals surface area contributed by atoms with Gasteiger partial charge in [0.05, 0.1) is 0 Å². The van der Waals surface area contributed by atoms with E-state index in [2.05, 4.69) is 13.8 Å². The van der Waals surface area contributed by atoms with Gasteiger partial charge in [-0.05, 0) is 31.1 Å². The van der Waals surface area contributed by atoms with Crippen LogP contribution in [0.1, 0.15) is 52.4 Å². The van der Waals surface area contributed by atoms with E-state index in [-0.39, 0.29) is 0 Å². The van der Waals surface area contributed by atoms with Crippen LogP contribution in [0.5, 0.6) is 0 Å². The summed E-state index contributed by atoms with van der Waals surface area (Å²) in [5.74, 6) is 2.86. The van der Waals surface area contributed by atoms with Crippen molar-refractivity contribution in [2.45, 2.75) is 52.4 Å². The molecule has 0 heteroatoms. The Morgan fingerprint density at radius 3 is 2.80 bits per heavy atom. The van der Waals surface area contributed by atoms with Gasteiger partial charge in [0.15, 0.2) is 0 Å². The molecule has 1 atom stereocenters. The zero-order valence-electron chi connectivity index (χ0n) is 7.32. The minimum atomic E-state index is 1.01. The Bertz CT molecular complexity index is 86.0. The first-order valence-corrected chi connectivity index (χ1v) is 4.73. The van der Waals surface area contributed by atoms with Crippen molar-refractivity contribution in [2.24, 2.45) is 5.92 Å². The van der Waals surface area contributed by atoms with Gasteiger partial charge in [0, 0.05) is 0 Å². The molecule has 59 valence electrons. The third-order valence-corrected chi connectivity index (χ3v) is 2.72. The molecule has 0 nitrogen and oxygen atoms in total. The molecule has 1 rings (SSSR count). The van der Waals surface area contributed by atoms with Crippen LogP contribution < -0.4 is 0 Å². The average molecular weight is 139 g/mol. The van der Waals surface area contributed by atoms with Gasteiger partial charge in [-0.15, -0.1) is 0 Å². The van der Waals surface area contributed by atoms with Gasteiger partial charge in [0.1, 0.15) is 0 Å². The topological polar surface area (TPSA) is 0 Å². The van der Waals surface area contributed by atoms with E-state index in [9.17, 15) is 0 Å². The van der Waals surface area contributed by atoms with E-state index in [4.69, 9.17) is 0 Å². The predicted molar refractivity (Wildman–Crippen MR) is 45.8 cm³/mol. The van der Waals surface area contributed by atoms with Gasteiger partial charge < -0.3 is 0 Å². The largest absolute Gasteiger partial charge is 0.0654 e. The lowest BCUT2D eigenvalue weighted by atomic mass is 9.90. The Kier molecular flexibility index (Phi) is 3.24. The van der Waals surface area contributed by atoms with Gasteiger partial charge in [-0.2, -0.15) is 0 Å². The molecule has 0 bridgehead atoms. The van der Waals surface area contributed by atoms with Crippen molar-refractivity contribution in [3.8, 4) is 0 Å². The fraction of sp³-hybridized carbons (Fsp3) is 0.900. The molecule has 0 aromatic rings. The van der Waals surface area contributed by atoms with E-state index in [1.54, 1.807) is 0 Å². The van der Waals surface area contributed by atoms with Crippen LogP contribution in [0.25, 0.3) is 0 Å². The van der Waals surface area contributed by atoms with Crippen LogP contribution in [0, 0.1) is 11.8 Å². The number of hydrogen-bond donors (Lipinski definition) is 0. The molecule has 1 aliphatic carbocycles. The summed E-state index contributed by atoms with van der Waals surface area (Å²) >= 11 is 0. The van der Waals surface area contributed by atoms with E-state index in [0.717, 1.165) is 5.92 Å². The van der Waals surface area contributed by atoms with Gasteiger partial charge in [-0.1, -0.05) is 33.1 Å². The maximum Gasteiger partial charge on any atom is -0.0213 e. The molecule has 0 spiro atoms. The minimum absolute atomic E-state index is 1.01. The molecular formula is C10H19. The van der Waals surface area contributed by atoms with Crippen LogP contribution >= 0.6 is 0 Å². The quantitative estimate of drug-likeness (QED) is 0.560. The predicted octanol–water partition coefficient (Wildman–Crippen LogP) is 3.57. The fourth-order valence-corrected chi connectivity index (χ4v) is 2.15. The molecular weight excluding hydrogens is 120 g/mol. The van der Waals surface area contributed by atoms with Gasteiger partial charge in [-0.3, -0.25) is 0 Å². The van der Waals surface area contributed by atoms with Crippen LogP contribution in [0.15, 0.2) is 0 Å². The maximum atomic E-state index is 2.31. The molecule has 0 aromatic heterocycles. The number of rotatable bonds is 3. The van der Waals surface area contributed by atoms with E-state index in [0.29, 0.717) is 0 Å². The highest BCUT2D eigenvalue weighted by Gasteiger charge is 2.24. The Balaban J connectivity index is 2.27. The highest BCUT2D eigenvalue weighted by Crippen LogP contribution is 2.38. The summed E-state index contributed by atoms with van der Waals surface area (Å²) in [6.45, 7) is 4.61. The van der Waals surface area contributed by atoms with Crippen molar-refractivity contribution in [2.75, 3.05) is 0 Å². The molecule has 0 aromatic carbocycles. The fourth-order valence-electron chi connectivity index (χ4n) is 2.15. The molecule has 10 heavy (non-hydrogen) atoms. The lowest BCUT2D eigenvalue weighted by Crippen LogP contribution is -2.03. The first-order chi connectivity index (χ1) is 4.88. The second-order valence-electron chi connectivity index (χ2n) is 3.39. The van der Waals surface area contributed by atoms with E-state index in [1.807, 2.05) is 5.92 Å². The Labute approximate surface area is 65.0 Å². The Morgan fingerprint density at radius 2 is 2.20 bits per heavy atom. The molecule has 1 saturated carbocycles. The van der Waals surface area contributed by atoms with Crippen molar-refractivity contribution in [3.63, 3.8) is 0 Å². The van der Waals surface area contributed by atoms with Crippen LogP contribution in [0.4, 0.5) is 0 Å². The zero-order chi connectivity index (χ0) is 7.40. The first-order valence-electron chi connectivity index (χ1n) is 4.73. The van der Waals surface area contributed by atoms with Crippen LogP contribution in [-0.4, -0.2) is 0 Å². The summed E-state index contributed by atoms with van der Waals surface area (Å²) in [7, 11) is 0. The summed E-state index contributed by atoms with van der Waals surface area (Å²) in [4.78, 5) is 0. The lowest BCUT2D eigenvalue weighted by molar-refractivity contribution is 0.506.